The third-order valence-electron chi connectivity index (χ3n) is 6.12. The molecule has 0 radical (unpaired) electrons. The van der Waals surface area contributed by atoms with Crippen molar-refractivity contribution in [3.63, 3.8) is 0 Å². The molecule has 0 bridgehead atoms. The Morgan fingerprint density at radius 3 is 2.24 bits per heavy atom. The predicted octanol–water partition coefficient (Wildman–Crippen LogP) is 3.05. The Morgan fingerprint density at radius 2 is 1.71 bits per heavy atom. The third-order valence-corrected chi connectivity index (χ3v) is 6.12. The number of rotatable bonds is 3. The molecule has 0 spiro atoms. The quantitative estimate of drug-likeness (QED) is 0.867. The first-order valence-corrected chi connectivity index (χ1v) is 9.11. The van der Waals surface area contributed by atoms with E-state index in [2.05, 4.69) is 24.1 Å². The highest BCUT2D eigenvalue weighted by molar-refractivity contribution is 5.83. The molecule has 1 amide bonds. The van der Waals surface area contributed by atoms with E-state index in [0.717, 1.165) is 44.2 Å². The lowest BCUT2D eigenvalue weighted by Gasteiger charge is -2.35. The summed E-state index contributed by atoms with van der Waals surface area (Å²) in [6.45, 7) is 8.88. The Bertz CT molecular complexity index is 359. The first kappa shape index (κ1) is 15.3. The van der Waals surface area contributed by atoms with Crippen LogP contribution in [0.25, 0.3) is 0 Å². The van der Waals surface area contributed by atoms with Gasteiger partial charge < -0.3 is 10.2 Å². The SMILES string of the molecule is CC(C)CC1(C(=O)N2CC[C@@H]3CNC[C@@H]3CC2)CCCC1. The number of nitrogens with zero attached hydrogens (tertiary/aromatic N) is 1. The summed E-state index contributed by atoms with van der Waals surface area (Å²) in [5.74, 6) is 2.75. The zero-order chi connectivity index (χ0) is 14.9. The first-order valence-electron chi connectivity index (χ1n) is 9.11. The van der Waals surface area contributed by atoms with Gasteiger partial charge in [0.15, 0.2) is 0 Å². The maximum atomic E-state index is 13.2. The molecule has 0 aromatic carbocycles. The Hall–Kier alpha value is -0.570. The van der Waals surface area contributed by atoms with Crippen LogP contribution in [0.5, 0.6) is 0 Å². The lowest BCUT2D eigenvalue weighted by molar-refractivity contribution is -0.143. The van der Waals surface area contributed by atoms with E-state index < -0.39 is 0 Å². The number of nitrogens with one attached hydrogen (secondary N) is 1. The van der Waals surface area contributed by atoms with Crippen LogP contribution < -0.4 is 5.32 Å². The fourth-order valence-electron chi connectivity index (χ4n) is 5.10. The van der Waals surface area contributed by atoms with Crippen molar-refractivity contribution in [2.45, 2.75) is 58.8 Å². The molecule has 3 fully saturated rings. The molecule has 3 nitrogen and oxygen atoms in total. The zero-order valence-corrected chi connectivity index (χ0v) is 13.9. The molecule has 2 atom stereocenters. The summed E-state index contributed by atoms with van der Waals surface area (Å²) in [5, 5.41) is 3.52. The van der Waals surface area contributed by atoms with Crippen LogP contribution in [0.4, 0.5) is 0 Å². The van der Waals surface area contributed by atoms with Crippen molar-refractivity contribution in [1.29, 1.82) is 0 Å². The molecule has 0 aromatic rings. The number of carbonyl (C=O) groups is 1. The fraction of sp³-hybridized carbons (Fsp3) is 0.944. The van der Waals surface area contributed by atoms with Crippen LogP contribution >= 0.6 is 0 Å². The van der Waals surface area contributed by atoms with Crippen LogP contribution in [-0.4, -0.2) is 37.0 Å². The van der Waals surface area contributed by atoms with Crippen LogP contribution in [0.15, 0.2) is 0 Å². The highest BCUT2D eigenvalue weighted by Gasteiger charge is 2.44. The molecular weight excluding hydrogens is 260 g/mol. The Kier molecular flexibility index (Phi) is 4.58. The molecule has 2 aliphatic heterocycles. The number of carbonyl (C=O) groups excluding carboxylic acids is 1. The Morgan fingerprint density at radius 1 is 1.14 bits per heavy atom. The van der Waals surface area contributed by atoms with Gasteiger partial charge in [0.2, 0.25) is 5.91 Å². The molecule has 3 rings (SSSR count). The molecule has 2 heterocycles. The fourth-order valence-corrected chi connectivity index (χ4v) is 5.10. The van der Waals surface area contributed by atoms with Crippen molar-refractivity contribution < 1.29 is 4.79 Å². The van der Waals surface area contributed by atoms with Gasteiger partial charge in [0.1, 0.15) is 0 Å². The van der Waals surface area contributed by atoms with E-state index in [4.69, 9.17) is 0 Å². The van der Waals surface area contributed by atoms with Gasteiger partial charge >= 0.3 is 0 Å². The van der Waals surface area contributed by atoms with E-state index >= 15 is 0 Å². The summed E-state index contributed by atoms with van der Waals surface area (Å²) in [6, 6.07) is 0. The molecule has 0 aromatic heterocycles. The summed E-state index contributed by atoms with van der Waals surface area (Å²) in [5.41, 5.74) is -0.00807. The molecule has 3 heteroatoms. The van der Waals surface area contributed by atoms with Gasteiger partial charge in [-0.1, -0.05) is 26.7 Å². The third kappa shape index (κ3) is 3.13. The minimum Gasteiger partial charge on any atom is -0.342 e. The summed E-state index contributed by atoms with van der Waals surface area (Å²) < 4.78 is 0. The molecule has 21 heavy (non-hydrogen) atoms. The lowest BCUT2D eigenvalue weighted by Crippen LogP contribution is -2.44. The normalized spacial score (nSPS) is 32.2. The molecular formula is C18H32N2O. The highest BCUT2D eigenvalue weighted by Crippen LogP contribution is 2.45. The largest absolute Gasteiger partial charge is 0.342 e. The van der Waals surface area contributed by atoms with Crippen molar-refractivity contribution in [3.05, 3.63) is 0 Å². The summed E-state index contributed by atoms with van der Waals surface area (Å²) in [6.07, 6.45) is 8.28. The second-order valence-electron chi connectivity index (χ2n) is 8.13. The van der Waals surface area contributed by atoms with E-state index in [1.54, 1.807) is 0 Å². The van der Waals surface area contributed by atoms with Gasteiger partial charge in [-0.25, -0.2) is 0 Å². The second kappa shape index (κ2) is 6.28. The van der Waals surface area contributed by atoms with Gasteiger partial charge in [-0.05, 0) is 62.9 Å². The second-order valence-corrected chi connectivity index (χ2v) is 8.13. The van der Waals surface area contributed by atoms with Crippen LogP contribution in [0.3, 0.4) is 0 Å². The zero-order valence-electron chi connectivity index (χ0n) is 13.9. The monoisotopic (exact) mass is 292 g/mol. The maximum absolute atomic E-state index is 13.2. The van der Waals surface area contributed by atoms with E-state index in [0.29, 0.717) is 11.8 Å². The lowest BCUT2D eigenvalue weighted by atomic mass is 9.77. The van der Waals surface area contributed by atoms with Gasteiger partial charge in [0.25, 0.3) is 0 Å². The average molecular weight is 292 g/mol. The van der Waals surface area contributed by atoms with Gasteiger partial charge in [0.05, 0.1) is 0 Å². The van der Waals surface area contributed by atoms with Crippen molar-refractivity contribution in [3.8, 4) is 0 Å². The number of hydrogen-bond donors (Lipinski definition) is 1. The summed E-state index contributed by atoms with van der Waals surface area (Å²) >= 11 is 0. The molecule has 120 valence electrons. The van der Waals surface area contributed by atoms with Gasteiger partial charge in [0, 0.05) is 18.5 Å². The standard InChI is InChI=1S/C18H32N2O/c1-14(2)11-18(7-3-4-8-18)17(21)20-9-5-15-12-19-13-16(15)6-10-20/h14-16,19H,3-13H2,1-2H3/t15-,16+. The topological polar surface area (TPSA) is 32.3 Å². The van der Waals surface area contributed by atoms with Crippen LogP contribution in [0, 0.1) is 23.2 Å². The minimum absolute atomic E-state index is 0.00807. The smallest absolute Gasteiger partial charge is 0.228 e. The molecule has 3 aliphatic rings. The van der Waals surface area contributed by atoms with E-state index in [-0.39, 0.29) is 5.41 Å². The van der Waals surface area contributed by atoms with Crippen molar-refractivity contribution in [1.82, 2.24) is 10.2 Å². The number of hydrogen-bond acceptors (Lipinski definition) is 2. The van der Waals surface area contributed by atoms with Gasteiger partial charge in [-0.15, -0.1) is 0 Å². The van der Waals surface area contributed by atoms with Crippen molar-refractivity contribution in [2.75, 3.05) is 26.2 Å². The Balaban J connectivity index is 1.68. The van der Waals surface area contributed by atoms with Gasteiger partial charge in [-0.2, -0.15) is 0 Å². The minimum atomic E-state index is -0.00807. The molecule has 1 aliphatic carbocycles. The van der Waals surface area contributed by atoms with Gasteiger partial charge in [-0.3, -0.25) is 4.79 Å². The highest BCUT2D eigenvalue weighted by atomic mass is 16.2. The van der Waals surface area contributed by atoms with E-state index in [1.807, 2.05) is 0 Å². The molecule has 1 saturated carbocycles. The van der Waals surface area contributed by atoms with E-state index in [1.165, 1.54) is 38.8 Å². The van der Waals surface area contributed by atoms with Crippen LogP contribution in [-0.2, 0) is 4.79 Å². The molecule has 2 saturated heterocycles. The van der Waals surface area contributed by atoms with Crippen LogP contribution in [0.2, 0.25) is 0 Å². The van der Waals surface area contributed by atoms with Crippen molar-refractivity contribution >= 4 is 5.91 Å². The number of likely N-dealkylation sites (tertiary alicyclic amines) is 1. The predicted molar refractivity (Wildman–Crippen MR) is 86.0 cm³/mol. The maximum Gasteiger partial charge on any atom is 0.228 e. The molecule has 0 unspecified atom stereocenters. The Labute approximate surface area is 129 Å². The van der Waals surface area contributed by atoms with E-state index in [9.17, 15) is 4.79 Å². The van der Waals surface area contributed by atoms with Crippen LogP contribution in [0.1, 0.15) is 58.8 Å². The average Bonchev–Trinajstić information content (AvgIpc) is 3.04. The van der Waals surface area contributed by atoms with Crippen molar-refractivity contribution in [2.24, 2.45) is 23.2 Å². The number of fused-ring (bicyclic) bond motifs is 1. The number of amides is 1. The first-order chi connectivity index (χ1) is 10.1. The molecule has 1 N–H and O–H groups in total. The summed E-state index contributed by atoms with van der Waals surface area (Å²) in [4.78, 5) is 15.5. The summed E-state index contributed by atoms with van der Waals surface area (Å²) in [7, 11) is 0.